The predicted octanol–water partition coefficient (Wildman–Crippen LogP) is 2.18. The summed E-state index contributed by atoms with van der Waals surface area (Å²) >= 11 is 2.03. The molecule has 0 aliphatic carbocycles. The summed E-state index contributed by atoms with van der Waals surface area (Å²) in [6, 6.07) is 8.84. The van der Waals surface area contributed by atoms with Gasteiger partial charge in [0.25, 0.3) is 0 Å². The number of aryl methyl sites for hydroxylation is 1. The van der Waals surface area contributed by atoms with E-state index in [-0.39, 0.29) is 0 Å². The molecule has 6 heteroatoms. The first-order valence-electron chi connectivity index (χ1n) is 6.43. The molecule has 2 atom stereocenters. The van der Waals surface area contributed by atoms with Crippen molar-refractivity contribution < 1.29 is 0 Å². The molecule has 1 saturated heterocycles. The maximum atomic E-state index is 4.04. The molecule has 2 heterocycles. The number of nitrogens with one attached hydrogen (secondary N) is 1. The lowest BCUT2D eigenvalue weighted by Crippen LogP contribution is -2.18. The standard InChI is InChI=1S/C13H17N5S/c1-9-6-12(8-19-9)14-11-5-3-4-10(7-11)13-15-16-17-18(13)2/h3-5,7,9,12,14H,6,8H2,1-2H3. The lowest BCUT2D eigenvalue weighted by molar-refractivity contribution is 0.714. The van der Waals surface area contributed by atoms with Crippen LogP contribution in [0.25, 0.3) is 11.4 Å². The average Bonchev–Trinajstić information content (AvgIpc) is 2.99. The second-order valence-electron chi connectivity index (χ2n) is 4.93. The van der Waals surface area contributed by atoms with Gasteiger partial charge >= 0.3 is 0 Å². The Balaban J connectivity index is 1.79. The Kier molecular flexibility index (Phi) is 3.42. The number of thioether (sulfide) groups is 1. The molecule has 5 nitrogen and oxygen atoms in total. The quantitative estimate of drug-likeness (QED) is 0.930. The van der Waals surface area contributed by atoms with Crippen LogP contribution in [0, 0.1) is 0 Å². The molecule has 2 unspecified atom stereocenters. The number of tetrazole rings is 1. The highest BCUT2D eigenvalue weighted by molar-refractivity contribution is 8.00. The van der Waals surface area contributed by atoms with Crippen molar-refractivity contribution in [1.29, 1.82) is 0 Å². The van der Waals surface area contributed by atoms with Gasteiger partial charge in [0.2, 0.25) is 0 Å². The van der Waals surface area contributed by atoms with Crippen molar-refractivity contribution in [3.63, 3.8) is 0 Å². The van der Waals surface area contributed by atoms with Gasteiger partial charge < -0.3 is 5.32 Å². The molecule has 1 aliphatic rings. The molecular formula is C13H17N5S. The number of nitrogens with zero attached hydrogens (tertiary/aromatic N) is 4. The van der Waals surface area contributed by atoms with Gasteiger partial charge in [-0.25, -0.2) is 4.68 Å². The van der Waals surface area contributed by atoms with Crippen LogP contribution in [0.5, 0.6) is 0 Å². The van der Waals surface area contributed by atoms with E-state index in [9.17, 15) is 0 Å². The summed E-state index contributed by atoms with van der Waals surface area (Å²) in [6.45, 7) is 2.29. The minimum atomic E-state index is 0.563. The first kappa shape index (κ1) is 12.5. The fourth-order valence-electron chi connectivity index (χ4n) is 2.38. The van der Waals surface area contributed by atoms with Gasteiger partial charge in [-0.1, -0.05) is 19.1 Å². The van der Waals surface area contributed by atoms with Crippen LogP contribution in [0.2, 0.25) is 0 Å². The van der Waals surface area contributed by atoms with Crippen molar-refractivity contribution in [3.05, 3.63) is 24.3 Å². The van der Waals surface area contributed by atoms with Gasteiger partial charge in [-0.2, -0.15) is 11.8 Å². The van der Waals surface area contributed by atoms with Gasteiger partial charge in [0, 0.05) is 35.3 Å². The first-order chi connectivity index (χ1) is 9.22. The molecule has 3 rings (SSSR count). The summed E-state index contributed by atoms with van der Waals surface area (Å²) in [5, 5.41) is 15.9. The molecule has 1 aromatic carbocycles. The summed E-state index contributed by atoms with van der Waals surface area (Å²) in [7, 11) is 1.85. The number of hydrogen-bond donors (Lipinski definition) is 1. The molecule has 0 radical (unpaired) electrons. The van der Waals surface area contributed by atoms with Crippen molar-refractivity contribution in [2.75, 3.05) is 11.1 Å². The molecule has 0 spiro atoms. The fraction of sp³-hybridized carbons (Fsp3) is 0.462. The summed E-state index contributed by atoms with van der Waals surface area (Å²) in [6.07, 6.45) is 1.22. The van der Waals surface area contributed by atoms with Crippen LogP contribution in [-0.4, -0.2) is 37.3 Å². The highest BCUT2D eigenvalue weighted by atomic mass is 32.2. The molecule has 100 valence electrons. The second kappa shape index (κ2) is 5.21. The normalized spacial score (nSPS) is 22.6. The fourth-order valence-corrected chi connectivity index (χ4v) is 3.52. The number of anilines is 1. The summed E-state index contributed by atoms with van der Waals surface area (Å²) < 4.78 is 1.69. The zero-order valence-electron chi connectivity index (χ0n) is 11.1. The number of benzene rings is 1. The maximum absolute atomic E-state index is 4.04. The van der Waals surface area contributed by atoms with E-state index in [1.807, 2.05) is 30.9 Å². The Hall–Kier alpha value is -1.56. The van der Waals surface area contributed by atoms with Crippen molar-refractivity contribution in [1.82, 2.24) is 20.2 Å². The zero-order valence-corrected chi connectivity index (χ0v) is 11.9. The van der Waals surface area contributed by atoms with E-state index in [0.717, 1.165) is 22.3 Å². The SMILES string of the molecule is CC1CC(Nc2cccc(-c3nnnn3C)c2)CS1. The van der Waals surface area contributed by atoms with Gasteiger partial charge in [-0.05, 0) is 29.0 Å². The van der Waals surface area contributed by atoms with E-state index in [2.05, 4.69) is 39.9 Å². The zero-order chi connectivity index (χ0) is 13.2. The van der Waals surface area contributed by atoms with Crippen molar-refractivity contribution in [3.8, 4) is 11.4 Å². The van der Waals surface area contributed by atoms with Gasteiger partial charge in [-0.3, -0.25) is 0 Å². The third kappa shape index (κ3) is 2.73. The van der Waals surface area contributed by atoms with Crippen LogP contribution in [0.15, 0.2) is 24.3 Å². The van der Waals surface area contributed by atoms with Crippen molar-refractivity contribution >= 4 is 17.4 Å². The molecule has 0 bridgehead atoms. The van der Waals surface area contributed by atoms with Crippen LogP contribution in [0.4, 0.5) is 5.69 Å². The molecule has 1 N–H and O–H groups in total. The van der Waals surface area contributed by atoms with Crippen LogP contribution >= 0.6 is 11.8 Å². The molecule has 1 fully saturated rings. The van der Waals surface area contributed by atoms with Crippen molar-refractivity contribution in [2.45, 2.75) is 24.6 Å². The van der Waals surface area contributed by atoms with Crippen LogP contribution in [-0.2, 0) is 7.05 Å². The molecular weight excluding hydrogens is 258 g/mol. The Morgan fingerprint density at radius 1 is 1.42 bits per heavy atom. The highest BCUT2D eigenvalue weighted by Crippen LogP contribution is 2.29. The monoisotopic (exact) mass is 275 g/mol. The van der Waals surface area contributed by atoms with Crippen LogP contribution in [0.1, 0.15) is 13.3 Å². The van der Waals surface area contributed by atoms with E-state index < -0.39 is 0 Å². The Morgan fingerprint density at radius 2 is 2.32 bits per heavy atom. The Morgan fingerprint density at radius 3 is 3.00 bits per heavy atom. The van der Waals surface area contributed by atoms with E-state index in [1.54, 1.807) is 4.68 Å². The van der Waals surface area contributed by atoms with Crippen molar-refractivity contribution in [2.24, 2.45) is 7.05 Å². The van der Waals surface area contributed by atoms with E-state index >= 15 is 0 Å². The van der Waals surface area contributed by atoms with E-state index in [1.165, 1.54) is 12.2 Å². The number of aromatic nitrogens is 4. The molecule has 0 amide bonds. The lowest BCUT2D eigenvalue weighted by Gasteiger charge is -2.13. The number of rotatable bonds is 3. The molecule has 1 aromatic heterocycles. The maximum Gasteiger partial charge on any atom is 0.181 e. The minimum absolute atomic E-state index is 0.563. The van der Waals surface area contributed by atoms with Crippen LogP contribution in [0.3, 0.4) is 0 Å². The third-order valence-corrected chi connectivity index (χ3v) is 4.67. The molecule has 0 saturated carbocycles. The van der Waals surface area contributed by atoms with E-state index in [0.29, 0.717) is 6.04 Å². The van der Waals surface area contributed by atoms with E-state index in [4.69, 9.17) is 0 Å². The number of hydrogen-bond acceptors (Lipinski definition) is 5. The van der Waals surface area contributed by atoms with Crippen LogP contribution < -0.4 is 5.32 Å². The lowest BCUT2D eigenvalue weighted by atomic mass is 10.1. The topological polar surface area (TPSA) is 55.6 Å². The Labute approximate surface area is 116 Å². The predicted molar refractivity (Wildman–Crippen MR) is 78.2 cm³/mol. The molecule has 19 heavy (non-hydrogen) atoms. The van der Waals surface area contributed by atoms with Gasteiger partial charge in [0.15, 0.2) is 5.82 Å². The molecule has 1 aliphatic heterocycles. The third-order valence-electron chi connectivity index (χ3n) is 3.31. The largest absolute Gasteiger partial charge is 0.381 e. The average molecular weight is 275 g/mol. The summed E-state index contributed by atoms with van der Waals surface area (Å²) in [4.78, 5) is 0. The second-order valence-corrected chi connectivity index (χ2v) is 6.40. The smallest absolute Gasteiger partial charge is 0.181 e. The van der Waals surface area contributed by atoms with Gasteiger partial charge in [-0.15, -0.1) is 5.10 Å². The summed E-state index contributed by atoms with van der Waals surface area (Å²) in [5.41, 5.74) is 2.18. The van der Waals surface area contributed by atoms with Gasteiger partial charge in [0.1, 0.15) is 0 Å². The first-order valence-corrected chi connectivity index (χ1v) is 7.48. The highest BCUT2D eigenvalue weighted by Gasteiger charge is 2.21. The van der Waals surface area contributed by atoms with Gasteiger partial charge in [0.05, 0.1) is 0 Å². The Bertz CT molecular complexity index is 568. The molecule has 2 aromatic rings. The minimum Gasteiger partial charge on any atom is -0.381 e. The summed E-state index contributed by atoms with van der Waals surface area (Å²) in [5.74, 6) is 1.97.